The van der Waals surface area contributed by atoms with E-state index in [4.69, 9.17) is 0 Å². The van der Waals surface area contributed by atoms with Crippen molar-refractivity contribution in [1.82, 2.24) is 10.6 Å². The van der Waals surface area contributed by atoms with Crippen LogP contribution in [0.3, 0.4) is 0 Å². The van der Waals surface area contributed by atoms with E-state index in [9.17, 15) is 14.4 Å². The molecular formula is C18H20N2O4. The van der Waals surface area contributed by atoms with Crippen LogP contribution in [0.4, 0.5) is 0 Å². The molecule has 6 nitrogen and oxygen atoms in total. The van der Waals surface area contributed by atoms with E-state index < -0.39 is 11.9 Å². The number of carbonyl (C=O) groups excluding carboxylic acids is 3. The Morgan fingerprint density at radius 3 is 2.29 bits per heavy atom. The maximum atomic E-state index is 12.0. The van der Waals surface area contributed by atoms with Gasteiger partial charge in [0, 0.05) is 11.5 Å². The lowest BCUT2D eigenvalue weighted by Crippen LogP contribution is -2.39. The van der Waals surface area contributed by atoms with Gasteiger partial charge >= 0.3 is 5.97 Å². The number of hydrogen-bond acceptors (Lipinski definition) is 4. The molecule has 0 saturated carbocycles. The molecule has 0 bridgehead atoms. The number of nitrogens with one attached hydrogen (secondary N) is 2. The second kappa shape index (κ2) is 8.67. The Labute approximate surface area is 140 Å². The van der Waals surface area contributed by atoms with Crippen molar-refractivity contribution in [1.29, 1.82) is 0 Å². The van der Waals surface area contributed by atoms with Crippen LogP contribution >= 0.6 is 0 Å². The predicted molar refractivity (Wildman–Crippen MR) is 89.4 cm³/mol. The van der Waals surface area contributed by atoms with Crippen LogP contribution in [0.5, 0.6) is 0 Å². The van der Waals surface area contributed by atoms with Gasteiger partial charge in [-0.05, 0) is 24.6 Å². The molecule has 1 aliphatic carbocycles. The summed E-state index contributed by atoms with van der Waals surface area (Å²) in [6.45, 7) is 1.53. The Morgan fingerprint density at radius 2 is 1.67 bits per heavy atom. The second-order valence-corrected chi connectivity index (χ2v) is 5.18. The number of carbonyl (C=O) groups is 3. The van der Waals surface area contributed by atoms with Crippen LogP contribution in [0.2, 0.25) is 0 Å². The van der Waals surface area contributed by atoms with E-state index in [0.717, 1.165) is 5.56 Å². The summed E-state index contributed by atoms with van der Waals surface area (Å²) in [5.41, 5.74) is 1.58. The monoisotopic (exact) mass is 328 g/mol. The van der Waals surface area contributed by atoms with Gasteiger partial charge in [0.05, 0.1) is 13.2 Å². The highest BCUT2D eigenvalue weighted by molar-refractivity contribution is 5.96. The van der Waals surface area contributed by atoms with E-state index in [1.807, 2.05) is 24.3 Å². The maximum Gasteiger partial charge on any atom is 0.325 e. The molecule has 0 heterocycles. The summed E-state index contributed by atoms with van der Waals surface area (Å²) in [7, 11) is 0. The molecule has 2 N–H and O–H groups in total. The molecule has 2 rings (SSSR count). The van der Waals surface area contributed by atoms with Gasteiger partial charge in [-0.15, -0.1) is 0 Å². The first-order chi connectivity index (χ1) is 11.6. The summed E-state index contributed by atoms with van der Waals surface area (Å²) < 4.78 is 4.69. The number of amides is 2. The highest BCUT2D eigenvalue weighted by Crippen LogP contribution is 2.22. The highest BCUT2D eigenvalue weighted by atomic mass is 16.5. The fourth-order valence-corrected chi connectivity index (χ4v) is 2.22. The van der Waals surface area contributed by atoms with E-state index in [2.05, 4.69) is 27.5 Å². The molecule has 2 amide bonds. The lowest BCUT2D eigenvalue weighted by Gasteiger charge is -2.09. The van der Waals surface area contributed by atoms with Gasteiger partial charge in [0.15, 0.2) is 0 Å². The summed E-state index contributed by atoms with van der Waals surface area (Å²) in [4.78, 5) is 34.7. The third-order valence-corrected chi connectivity index (χ3v) is 3.45. The van der Waals surface area contributed by atoms with Crippen LogP contribution in [0.1, 0.15) is 28.8 Å². The number of allylic oxidation sites excluding steroid dienone is 4. The third-order valence-electron chi connectivity index (χ3n) is 3.45. The van der Waals surface area contributed by atoms with Crippen LogP contribution < -0.4 is 10.6 Å². The third kappa shape index (κ3) is 5.08. The summed E-state index contributed by atoms with van der Waals surface area (Å²) >= 11 is 0. The predicted octanol–water partition coefficient (Wildman–Crippen LogP) is 1.31. The standard InChI is InChI=1S/C18H20N2O4/c1-2-24-17(22)12-19-16(21)11-20-18(23)15-9-7-14(8-10-15)13-5-3-4-6-13/h3-10,13H,2,11-12H2,1H3,(H,19,21)(H,20,23). The fraction of sp³-hybridized carbons (Fsp3) is 0.278. The summed E-state index contributed by atoms with van der Waals surface area (Å²) in [6, 6.07) is 7.23. The van der Waals surface area contributed by atoms with Crippen LogP contribution in [0.15, 0.2) is 48.6 Å². The average Bonchev–Trinajstić information content (AvgIpc) is 3.13. The van der Waals surface area contributed by atoms with Crippen LogP contribution in [-0.4, -0.2) is 37.5 Å². The zero-order chi connectivity index (χ0) is 17.4. The quantitative estimate of drug-likeness (QED) is 0.739. The lowest BCUT2D eigenvalue weighted by molar-refractivity contribution is -0.143. The van der Waals surface area contributed by atoms with E-state index in [-0.39, 0.29) is 31.5 Å². The molecule has 0 fully saturated rings. The van der Waals surface area contributed by atoms with Gasteiger partial charge in [0.2, 0.25) is 5.91 Å². The normalized spacial score (nSPS) is 12.9. The molecule has 0 aliphatic heterocycles. The van der Waals surface area contributed by atoms with E-state index in [1.165, 1.54) is 0 Å². The zero-order valence-electron chi connectivity index (χ0n) is 13.5. The van der Waals surface area contributed by atoms with Crippen molar-refractivity contribution in [3.63, 3.8) is 0 Å². The molecule has 1 aliphatic rings. The average molecular weight is 328 g/mol. The number of benzene rings is 1. The lowest BCUT2D eigenvalue weighted by atomic mass is 9.99. The Morgan fingerprint density at radius 1 is 1.00 bits per heavy atom. The van der Waals surface area contributed by atoms with Crippen LogP contribution in [0.25, 0.3) is 0 Å². The van der Waals surface area contributed by atoms with Gasteiger partial charge in [-0.1, -0.05) is 36.4 Å². The van der Waals surface area contributed by atoms with Gasteiger partial charge in [-0.3, -0.25) is 14.4 Å². The minimum absolute atomic E-state index is 0.200. The SMILES string of the molecule is CCOC(=O)CNC(=O)CNC(=O)c1ccc(C2C=CC=C2)cc1. The Bertz CT molecular complexity index is 650. The molecule has 126 valence electrons. The smallest absolute Gasteiger partial charge is 0.325 e. The minimum atomic E-state index is -0.511. The van der Waals surface area contributed by atoms with Crippen molar-refractivity contribution in [3.8, 4) is 0 Å². The summed E-state index contributed by atoms with van der Waals surface area (Å²) in [5.74, 6) is -1.06. The van der Waals surface area contributed by atoms with Gasteiger partial charge in [-0.25, -0.2) is 0 Å². The highest BCUT2D eigenvalue weighted by Gasteiger charge is 2.11. The van der Waals surface area contributed by atoms with Crippen LogP contribution in [0, 0.1) is 0 Å². The van der Waals surface area contributed by atoms with Crippen molar-refractivity contribution >= 4 is 17.8 Å². The first-order valence-corrected chi connectivity index (χ1v) is 7.75. The molecule has 6 heteroatoms. The molecule has 0 unspecified atom stereocenters. The van der Waals surface area contributed by atoms with Crippen molar-refractivity contribution in [2.24, 2.45) is 0 Å². The van der Waals surface area contributed by atoms with E-state index >= 15 is 0 Å². The molecule has 0 atom stereocenters. The van der Waals surface area contributed by atoms with Gasteiger partial charge < -0.3 is 15.4 Å². The van der Waals surface area contributed by atoms with Crippen LogP contribution in [-0.2, 0) is 14.3 Å². The number of ether oxygens (including phenoxy) is 1. The molecular weight excluding hydrogens is 308 g/mol. The molecule has 0 aromatic heterocycles. The molecule has 24 heavy (non-hydrogen) atoms. The number of rotatable bonds is 7. The molecule has 1 aromatic carbocycles. The van der Waals surface area contributed by atoms with E-state index in [0.29, 0.717) is 5.56 Å². The van der Waals surface area contributed by atoms with Gasteiger partial charge in [-0.2, -0.15) is 0 Å². The molecule has 0 spiro atoms. The number of esters is 1. The first-order valence-electron chi connectivity index (χ1n) is 7.75. The summed E-state index contributed by atoms with van der Waals surface area (Å²) in [6.07, 6.45) is 8.12. The van der Waals surface area contributed by atoms with Crippen molar-refractivity contribution in [2.45, 2.75) is 12.8 Å². The second-order valence-electron chi connectivity index (χ2n) is 5.18. The fourth-order valence-electron chi connectivity index (χ4n) is 2.22. The largest absolute Gasteiger partial charge is 0.465 e. The van der Waals surface area contributed by atoms with Gasteiger partial charge in [0.25, 0.3) is 5.91 Å². The maximum absolute atomic E-state index is 12.0. The topological polar surface area (TPSA) is 84.5 Å². The molecule has 0 radical (unpaired) electrons. The van der Waals surface area contributed by atoms with Crippen molar-refractivity contribution < 1.29 is 19.1 Å². The van der Waals surface area contributed by atoms with Crippen molar-refractivity contribution in [2.75, 3.05) is 19.7 Å². The molecule has 1 aromatic rings. The minimum Gasteiger partial charge on any atom is -0.465 e. The van der Waals surface area contributed by atoms with Crippen molar-refractivity contribution in [3.05, 3.63) is 59.7 Å². The molecule has 0 saturated heterocycles. The Hall–Kier alpha value is -2.89. The Balaban J connectivity index is 1.77. The van der Waals surface area contributed by atoms with E-state index in [1.54, 1.807) is 19.1 Å². The zero-order valence-corrected chi connectivity index (χ0v) is 13.5. The first kappa shape index (κ1) is 17.5. The summed E-state index contributed by atoms with van der Waals surface area (Å²) in [5, 5.41) is 4.89. The van der Waals surface area contributed by atoms with Gasteiger partial charge in [0.1, 0.15) is 6.54 Å². The number of hydrogen-bond donors (Lipinski definition) is 2. The Kier molecular flexibility index (Phi) is 6.31.